The van der Waals surface area contributed by atoms with E-state index < -0.39 is 0 Å². The Bertz CT molecular complexity index is 189. The summed E-state index contributed by atoms with van der Waals surface area (Å²) in [5.74, 6) is 0. The first-order valence-electron chi connectivity index (χ1n) is 6.93. The fourth-order valence-corrected chi connectivity index (χ4v) is 3.18. The Balaban J connectivity index is 2.64. The van der Waals surface area contributed by atoms with Crippen molar-refractivity contribution in [2.75, 3.05) is 20.8 Å². The summed E-state index contributed by atoms with van der Waals surface area (Å²) in [5, 5.41) is 3.28. The van der Waals surface area contributed by atoms with Crippen LogP contribution in [0.5, 0.6) is 0 Å². The van der Waals surface area contributed by atoms with Gasteiger partial charge in [0.15, 0.2) is 0 Å². The molecule has 0 aromatic heterocycles. The zero-order valence-electron chi connectivity index (χ0n) is 11.7. The van der Waals surface area contributed by atoms with E-state index in [1.807, 2.05) is 7.05 Å². The number of hydrogen-bond acceptors (Lipinski definition) is 2. The highest BCUT2D eigenvalue weighted by atomic mass is 15.2. The molecule has 1 unspecified atom stereocenters. The third-order valence-electron chi connectivity index (χ3n) is 4.14. The third kappa shape index (κ3) is 4.06. The SMILES string of the molecule is CNCN(C)C1CCCCCCCC1(C)C. The fraction of sp³-hybridized carbons (Fsp3) is 1.00. The average molecular weight is 226 g/mol. The van der Waals surface area contributed by atoms with E-state index in [0.29, 0.717) is 5.41 Å². The van der Waals surface area contributed by atoms with Gasteiger partial charge in [-0.2, -0.15) is 0 Å². The molecule has 0 aromatic carbocycles. The van der Waals surface area contributed by atoms with Crippen LogP contribution in [0.15, 0.2) is 0 Å². The monoisotopic (exact) mass is 226 g/mol. The predicted molar refractivity (Wildman–Crippen MR) is 71.6 cm³/mol. The quantitative estimate of drug-likeness (QED) is 0.743. The van der Waals surface area contributed by atoms with E-state index in [-0.39, 0.29) is 0 Å². The molecule has 1 N–H and O–H groups in total. The molecule has 1 aliphatic carbocycles. The van der Waals surface area contributed by atoms with Crippen LogP contribution in [0.1, 0.15) is 58.8 Å². The van der Waals surface area contributed by atoms with Gasteiger partial charge in [-0.3, -0.25) is 4.90 Å². The average Bonchev–Trinajstić information content (AvgIpc) is 2.28. The summed E-state index contributed by atoms with van der Waals surface area (Å²) in [4.78, 5) is 2.51. The lowest BCUT2D eigenvalue weighted by Crippen LogP contribution is -2.46. The zero-order valence-corrected chi connectivity index (χ0v) is 11.7. The summed E-state index contributed by atoms with van der Waals surface area (Å²) >= 11 is 0. The predicted octanol–water partition coefficient (Wildman–Crippen LogP) is 3.23. The number of nitrogens with one attached hydrogen (secondary N) is 1. The topological polar surface area (TPSA) is 15.3 Å². The first kappa shape index (κ1) is 14.0. The summed E-state index contributed by atoms with van der Waals surface area (Å²) in [5.41, 5.74) is 0.468. The van der Waals surface area contributed by atoms with Gasteiger partial charge in [0.1, 0.15) is 0 Å². The van der Waals surface area contributed by atoms with E-state index in [9.17, 15) is 0 Å². The second kappa shape index (κ2) is 6.61. The minimum Gasteiger partial charge on any atom is -0.307 e. The van der Waals surface area contributed by atoms with Crippen molar-refractivity contribution < 1.29 is 0 Å². The summed E-state index contributed by atoms with van der Waals surface area (Å²) < 4.78 is 0. The van der Waals surface area contributed by atoms with Gasteiger partial charge in [-0.1, -0.05) is 46.0 Å². The molecule has 16 heavy (non-hydrogen) atoms. The van der Waals surface area contributed by atoms with E-state index in [4.69, 9.17) is 0 Å². The maximum absolute atomic E-state index is 3.28. The molecule has 0 aromatic rings. The highest BCUT2D eigenvalue weighted by Gasteiger charge is 2.31. The summed E-state index contributed by atoms with van der Waals surface area (Å²) in [7, 11) is 4.31. The molecule has 0 amide bonds. The van der Waals surface area contributed by atoms with Crippen LogP contribution < -0.4 is 5.32 Å². The molecule has 1 aliphatic rings. The van der Waals surface area contributed by atoms with Gasteiger partial charge in [0.25, 0.3) is 0 Å². The van der Waals surface area contributed by atoms with E-state index in [1.54, 1.807) is 0 Å². The lowest BCUT2D eigenvalue weighted by molar-refractivity contribution is 0.0890. The van der Waals surface area contributed by atoms with Gasteiger partial charge in [-0.05, 0) is 32.4 Å². The van der Waals surface area contributed by atoms with E-state index in [2.05, 4.69) is 31.1 Å². The van der Waals surface area contributed by atoms with E-state index in [1.165, 1.54) is 44.9 Å². The molecule has 1 rings (SSSR count). The Morgan fingerprint density at radius 2 is 1.75 bits per heavy atom. The highest BCUT2D eigenvalue weighted by molar-refractivity contribution is 4.85. The number of hydrogen-bond donors (Lipinski definition) is 1. The van der Waals surface area contributed by atoms with Gasteiger partial charge in [0.05, 0.1) is 0 Å². The standard InChI is InChI=1S/C14H30N2/c1-14(2)11-9-7-5-6-8-10-13(14)16(4)12-15-3/h13,15H,5-12H2,1-4H3. The highest BCUT2D eigenvalue weighted by Crippen LogP contribution is 2.35. The third-order valence-corrected chi connectivity index (χ3v) is 4.14. The van der Waals surface area contributed by atoms with Crippen molar-refractivity contribution in [3.05, 3.63) is 0 Å². The van der Waals surface area contributed by atoms with Crippen LogP contribution in [-0.2, 0) is 0 Å². The number of rotatable bonds is 3. The Kier molecular flexibility index (Phi) is 5.77. The summed E-state index contributed by atoms with van der Waals surface area (Å²) in [6.07, 6.45) is 9.88. The van der Waals surface area contributed by atoms with Crippen molar-refractivity contribution in [3.8, 4) is 0 Å². The Hall–Kier alpha value is -0.0800. The van der Waals surface area contributed by atoms with Gasteiger partial charge in [0.2, 0.25) is 0 Å². The maximum Gasteiger partial charge on any atom is 0.0478 e. The van der Waals surface area contributed by atoms with E-state index >= 15 is 0 Å². The van der Waals surface area contributed by atoms with Crippen LogP contribution in [0.2, 0.25) is 0 Å². The van der Waals surface area contributed by atoms with Crippen molar-refractivity contribution in [2.45, 2.75) is 64.8 Å². The molecule has 0 bridgehead atoms. The van der Waals surface area contributed by atoms with Crippen LogP contribution in [0.3, 0.4) is 0 Å². The molecule has 0 spiro atoms. The molecular formula is C14H30N2. The molecular weight excluding hydrogens is 196 g/mol. The van der Waals surface area contributed by atoms with Crippen LogP contribution in [0.25, 0.3) is 0 Å². The van der Waals surface area contributed by atoms with Gasteiger partial charge >= 0.3 is 0 Å². The number of nitrogens with zero attached hydrogens (tertiary/aromatic N) is 1. The normalized spacial score (nSPS) is 27.2. The van der Waals surface area contributed by atoms with Crippen LogP contribution in [0.4, 0.5) is 0 Å². The summed E-state index contributed by atoms with van der Waals surface area (Å²) in [6.45, 7) is 5.92. The lowest BCUT2D eigenvalue weighted by atomic mass is 9.77. The van der Waals surface area contributed by atoms with Crippen molar-refractivity contribution in [3.63, 3.8) is 0 Å². The Morgan fingerprint density at radius 3 is 2.44 bits per heavy atom. The smallest absolute Gasteiger partial charge is 0.0478 e. The Labute approximate surface area is 102 Å². The first-order chi connectivity index (χ1) is 7.58. The molecule has 0 radical (unpaired) electrons. The second-order valence-corrected chi connectivity index (χ2v) is 6.08. The van der Waals surface area contributed by atoms with Crippen molar-refractivity contribution in [1.82, 2.24) is 10.2 Å². The molecule has 0 heterocycles. The molecule has 2 nitrogen and oxygen atoms in total. The zero-order chi connectivity index (χ0) is 12.0. The molecule has 2 heteroatoms. The molecule has 96 valence electrons. The van der Waals surface area contributed by atoms with Gasteiger partial charge in [-0.15, -0.1) is 0 Å². The minimum atomic E-state index is 0.468. The van der Waals surface area contributed by atoms with Gasteiger partial charge in [0, 0.05) is 12.7 Å². The molecule has 0 saturated heterocycles. The van der Waals surface area contributed by atoms with E-state index in [0.717, 1.165) is 12.7 Å². The largest absolute Gasteiger partial charge is 0.307 e. The van der Waals surface area contributed by atoms with Crippen LogP contribution in [0, 0.1) is 5.41 Å². The van der Waals surface area contributed by atoms with Gasteiger partial charge < -0.3 is 5.32 Å². The molecule has 0 aliphatic heterocycles. The first-order valence-corrected chi connectivity index (χ1v) is 6.93. The lowest BCUT2D eigenvalue weighted by Gasteiger charge is -2.40. The van der Waals surface area contributed by atoms with Crippen molar-refractivity contribution in [1.29, 1.82) is 0 Å². The molecule has 1 atom stereocenters. The molecule has 1 saturated carbocycles. The second-order valence-electron chi connectivity index (χ2n) is 6.08. The molecule has 1 fully saturated rings. The van der Waals surface area contributed by atoms with Crippen LogP contribution >= 0.6 is 0 Å². The fourth-order valence-electron chi connectivity index (χ4n) is 3.18. The van der Waals surface area contributed by atoms with Crippen molar-refractivity contribution in [2.24, 2.45) is 5.41 Å². The van der Waals surface area contributed by atoms with Crippen molar-refractivity contribution >= 4 is 0 Å². The maximum atomic E-state index is 3.28. The minimum absolute atomic E-state index is 0.468. The van der Waals surface area contributed by atoms with Gasteiger partial charge in [-0.25, -0.2) is 0 Å². The summed E-state index contributed by atoms with van der Waals surface area (Å²) in [6, 6.07) is 0.734. The van der Waals surface area contributed by atoms with Crippen LogP contribution in [-0.4, -0.2) is 31.7 Å². The Morgan fingerprint density at radius 1 is 1.12 bits per heavy atom.